The van der Waals surface area contributed by atoms with E-state index in [1.165, 1.54) is 0 Å². The van der Waals surface area contributed by atoms with Gasteiger partial charge in [-0.05, 0) is 49.5 Å². The maximum atomic E-state index is 12.5. The van der Waals surface area contributed by atoms with Crippen LogP contribution in [-0.2, 0) is 0 Å². The topological polar surface area (TPSA) is 59.4 Å². The quantitative estimate of drug-likeness (QED) is 0.919. The molecule has 0 spiro atoms. The van der Waals surface area contributed by atoms with E-state index in [1.807, 2.05) is 18.2 Å². The van der Waals surface area contributed by atoms with Gasteiger partial charge in [-0.2, -0.15) is 5.26 Å². The first-order valence-corrected chi connectivity index (χ1v) is 8.49. The maximum Gasteiger partial charge on any atom is 0.255 e. The van der Waals surface area contributed by atoms with Gasteiger partial charge in [0.1, 0.15) is 0 Å². The Kier molecular flexibility index (Phi) is 5.22. The van der Waals surface area contributed by atoms with E-state index in [4.69, 9.17) is 16.9 Å². The molecule has 128 valence electrons. The molecule has 1 N–H and O–H groups in total. The third-order valence-electron chi connectivity index (χ3n) is 4.33. The second kappa shape index (κ2) is 7.56. The number of rotatable bonds is 3. The number of anilines is 2. The molecule has 0 radical (unpaired) electrons. The Labute approximate surface area is 152 Å². The molecule has 0 aliphatic carbocycles. The van der Waals surface area contributed by atoms with Crippen LogP contribution in [0.1, 0.15) is 15.9 Å². The smallest absolute Gasteiger partial charge is 0.255 e. The summed E-state index contributed by atoms with van der Waals surface area (Å²) in [7, 11) is 2.10. The van der Waals surface area contributed by atoms with Crippen LogP contribution in [0.4, 0.5) is 11.4 Å². The molecule has 0 unspecified atom stereocenters. The average molecular weight is 355 g/mol. The highest BCUT2D eigenvalue weighted by molar-refractivity contribution is 6.31. The van der Waals surface area contributed by atoms with Gasteiger partial charge in [-0.3, -0.25) is 4.79 Å². The predicted molar refractivity (Wildman–Crippen MR) is 100 cm³/mol. The Morgan fingerprint density at radius 2 is 1.80 bits per heavy atom. The molecular weight excluding hydrogens is 336 g/mol. The molecule has 1 fully saturated rings. The van der Waals surface area contributed by atoms with E-state index in [1.54, 1.807) is 30.3 Å². The number of nitrogens with zero attached hydrogens (tertiary/aromatic N) is 3. The lowest BCUT2D eigenvalue weighted by molar-refractivity contribution is 0.102. The number of halogens is 1. The van der Waals surface area contributed by atoms with E-state index < -0.39 is 0 Å². The summed E-state index contributed by atoms with van der Waals surface area (Å²) in [5.41, 5.74) is 2.70. The third-order valence-corrected chi connectivity index (χ3v) is 4.56. The summed E-state index contributed by atoms with van der Waals surface area (Å²) >= 11 is 6.13. The van der Waals surface area contributed by atoms with E-state index >= 15 is 0 Å². The number of hydrogen-bond acceptors (Lipinski definition) is 4. The number of carbonyl (C=O) groups excluding carboxylic acids is 1. The minimum absolute atomic E-state index is 0.220. The molecule has 5 nitrogen and oxygen atoms in total. The van der Waals surface area contributed by atoms with Crippen LogP contribution in [0.25, 0.3) is 0 Å². The first-order chi connectivity index (χ1) is 12.1. The van der Waals surface area contributed by atoms with Crippen molar-refractivity contribution in [2.24, 2.45) is 0 Å². The van der Waals surface area contributed by atoms with Gasteiger partial charge in [-0.25, -0.2) is 0 Å². The van der Waals surface area contributed by atoms with Crippen molar-refractivity contribution in [3.63, 3.8) is 0 Å². The van der Waals surface area contributed by atoms with Crippen LogP contribution in [0.5, 0.6) is 0 Å². The number of hydrogen-bond donors (Lipinski definition) is 1. The van der Waals surface area contributed by atoms with Crippen molar-refractivity contribution in [1.82, 2.24) is 4.90 Å². The van der Waals surface area contributed by atoms with Gasteiger partial charge in [0.05, 0.1) is 23.0 Å². The molecule has 1 amide bonds. The fourth-order valence-electron chi connectivity index (χ4n) is 2.82. The zero-order chi connectivity index (χ0) is 17.8. The number of carbonyl (C=O) groups is 1. The minimum atomic E-state index is -0.220. The molecule has 6 heteroatoms. The van der Waals surface area contributed by atoms with Gasteiger partial charge in [0.2, 0.25) is 0 Å². The fourth-order valence-corrected chi connectivity index (χ4v) is 2.99. The van der Waals surface area contributed by atoms with Crippen LogP contribution >= 0.6 is 11.6 Å². The number of nitriles is 1. The summed E-state index contributed by atoms with van der Waals surface area (Å²) in [5.74, 6) is -0.220. The summed E-state index contributed by atoms with van der Waals surface area (Å²) in [6.45, 7) is 3.76. The zero-order valence-corrected chi connectivity index (χ0v) is 14.8. The number of amides is 1. The highest BCUT2D eigenvalue weighted by atomic mass is 35.5. The second-order valence-corrected chi connectivity index (χ2v) is 6.53. The van der Waals surface area contributed by atoms with Gasteiger partial charge >= 0.3 is 0 Å². The SMILES string of the molecule is CN1CCN(c2ccc(Cl)cc2NC(=O)c2ccc(C#N)cc2)CC1. The van der Waals surface area contributed by atoms with Crippen molar-refractivity contribution in [2.45, 2.75) is 0 Å². The molecule has 1 aliphatic heterocycles. The summed E-state index contributed by atoms with van der Waals surface area (Å²) in [6, 6.07) is 14.2. The predicted octanol–water partition coefficient (Wildman–Crippen LogP) is 3.22. The summed E-state index contributed by atoms with van der Waals surface area (Å²) in [4.78, 5) is 17.1. The van der Waals surface area contributed by atoms with Crippen molar-refractivity contribution in [2.75, 3.05) is 43.4 Å². The number of benzene rings is 2. The normalized spacial score (nSPS) is 14.8. The van der Waals surface area contributed by atoms with Gasteiger partial charge in [-0.15, -0.1) is 0 Å². The van der Waals surface area contributed by atoms with Crippen LogP contribution in [-0.4, -0.2) is 44.0 Å². The lowest BCUT2D eigenvalue weighted by Crippen LogP contribution is -2.44. The Hall–Kier alpha value is -2.55. The number of likely N-dealkylation sites (N-methyl/N-ethyl adjacent to an activating group) is 1. The summed E-state index contributed by atoms with van der Waals surface area (Å²) in [5, 5.41) is 12.4. The molecule has 0 saturated carbocycles. The van der Waals surface area contributed by atoms with Crippen molar-refractivity contribution < 1.29 is 4.79 Å². The van der Waals surface area contributed by atoms with Gasteiger partial charge in [0, 0.05) is 36.8 Å². The molecular formula is C19H19ClN4O. The fraction of sp³-hybridized carbons (Fsp3) is 0.263. The van der Waals surface area contributed by atoms with Crippen molar-refractivity contribution in [1.29, 1.82) is 5.26 Å². The van der Waals surface area contributed by atoms with Crippen LogP contribution < -0.4 is 10.2 Å². The monoisotopic (exact) mass is 354 g/mol. The van der Waals surface area contributed by atoms with E-state index in [9.17, 15) is 4.79 Å². The van der Waals surface area contributed by atoms with Crippen LogP contribution in [0.3, 0.4) is 0 Å². The zero-order valence-electron chi connectivity index (χ0n) is 14.0. The largest absolute Gasteiger partial charge is 0.367 e. The number of piperazine rings is 1. The summed E-state index contributed by atoms with van der Waals surface area (Å²) in [6.07, 6.45) is 0. The first-order valence-electron chi connectivity index (χ1n) is 8.11. The molecule has 2 aromatic carbocycles. The molecule has 1 heterocycles. The lowest BCUT2D eigenvalue weighted by atomic mass is 10.1. The highest BCUT2D eigenvalue weighted by Gasteiger charge is 2.18. The van der Waals surface area contributed by atoms with Gasteiger partial charge in [0.25, 0.3) is 5.91 Å². The highest BCUT2D eigenvalue weighted by Crippen LogP contribution is 2.30. The van der Waals surface area contributed by atoms with E-state index in [-0.39, 0.29) is 5.91 Å². The van der Waals surface area contributed by atoms with Crippen LogP contribution in [0.15, 0.2) is 42.5 Å². The Morgan fingerprint density at radius 3 is 2.44 bits per heavy atom. The van der Waals surface area contributed by atoms with Crippen molar-refractivity contribution in [3.05, 3.63) is 58.6 Å². The molecule has 0 aromatic heterocycles. The molecule has 25 heavy (non-hydrogen) atoms. The lowest BCUT2D eigenvalue weighted by Gasteiger charge is -2.35. The Balaban J connectivity index is 1.82. The average Bonchev–Trinajstić information content (AvgIpc) is 2.63. The van der Waals surface area contributed by atoms with Gasteiger partial charge < -0.3 is 15.1 Å². The standard InChI is InChI=1S/C19H19ClN4O/c1-23-8-10-24(11-9-23)18-7-6-16(20)12-17(18)22-19(25)15-4-2-14(13-21)3-5-15/h2-7,12H,8-11H2,1H3,(H,22,25). The van der Waals surface area contributed by atoms with Gasteiger partial charge in [-0.1, -0.05) is 11.6 Å². The van der Waals surface area contributed by atoms with Crippen molar-refractivity contribution in [3.8, 4) is 6.07 Å². The third kappa shape index (κ3) is 4.11. The van der Waals surface area contributed by atoms with Crippen LogP contribution in [0, 0.1) is 11.3 Å². The molecule has 2 aromatic rings. The molecule has 1 saturated heterocycles. The van der Waals surface area contributed by atoms with Gasteiger partial charge in [0.15, 0.2) is 0 Å². The molecule has 0 bridgehead atoms. The summed E-state index contributed by atoms with van der Waals surface area (Å²) < 4.78 is 0. The van der Waals surface area contributed by atoms with E-state index in [0.29, 0.717) is 21.8 Å². The van der Waals surface area contributed by atoms with E-state index in [2.05, 4.69) is 22.2 Å². The molecule has 3 rings (SSSR count). The molecule has 1 aliphatic rings. The Bertz CT molecular complexity index is 805. The van der Waals surface area contributed by atoms with Crippen LogP contribution in [0.2, 0.25) is 5.02 Å². The maximum absolute atomic E-state index is 12.5. The Morgan fingerprint density at radius 1 is 1.12 bits per heavy atom. The second-order valence-electron chi connectivity index (χ2n) is 6.10. The minimum Gasteiger partial charge on any atom is -0.367 e. The number of nitrogens with one attached hydrogen (secondary N) is 1. The van der Waals surface area contributed by atoms with E-state index in [0.717, 1.165) is 31.9 Å². The first kappa shape index (κ1) is 17.3. The molecule has 0 atom stereocenters. The van der Waals surface area contributed by atoms with Crippen molar-refractivity contribution >= 4 is 28.9 Å².